The van der Waals surface area contributed by atoms with Crippen LogP contribution in [0, 0.1) is 0 Å². The molecule has 4 rings (SSSR count). The lowest BCUT2D eigenvalue weighted by molar-refractivity contribution is -0.127. The molecule has 9 heteroatoms. The molecule has 1 fully saturated rings. The van der Waals surface area contributed by atoms with E-state index in [4.69, 9.17) is 21.1 Å². The second-order valence-corrected chi connectivity index (χ2v) is 8.46. The Morgan fingerprint density at radius 1 is 1.29 bits per heavy atom. The van der Waals surface area contributed by atoms with Gasteiger partial charge in [0.15, 0.2) is 11.5 Å². The molecule has 0 spiro atoms. The first-order valence-corrected chi connectivity index (χ1v) is 11.4. The van der Waals surface area contributed by atoms with E-state index in [1.807, 2.05) is 18.2 Å². The number of nitrogens with one attached hydrogen (secondary N) is 1. The first-order valence-electron chi connectivity index (χ1n) is 11.1. The highest BCUT2D eigenvalue weighted by atomic mass is 35.5. The zero-order valence-corrected chi connectivity index (χ0v) is 19.7. The van der Waals surface area contributed by atoms with E-state index < -0.39 is 6.04 Å². The number of aromatic nitrogens is 2. The fraction of sp³-hybridized carbons (Fsp3) is 0.320. The summed E-state index contributed by atoms with van der Waals surface area (Å²) in [4.78, 5) is 22.4. The van der Waals surface area contributed by atoms with Crippen LogP contribution in [0.3, 0.4) is 0 Å². The molecule has 1 aliphatic rings. The maximum Gasteiger partial charge on any atom is 0.245 e. The quantitative estimate of drug-likeness (QED) is 0.468. The Bertz CT molecular complexity index is 1180. The van der Waals surface area contributed by atoms with Gasteiger partial charge in [-0.05, 0) is 29.8 Å². The van der Waals surface area contributed by atoms with Crippen molar-refractivity contribution >= 4 is 34.2 Å². The number of anilines is 1. The Labute approximate surface area is 203 Å². The molecule has 8 nitrogen and oxygen atoms in total. The normalized spacial score (nSPS) is 15.1. The molecule has 34 heavy (non-hydrogen) atoms. The van der Waals surface area contributed by atoms with Gasteiger partial charge in [-0.3, -0.25) is 4.79 Å². The van der Waals surface area contributed by atoms with Crippen molar-refractivity contribution in [1.29, 1.82) is 0 Å². The number of benzene rings is 2. The third-order valence-corrected chi connectivity index (χ3v) is 6.12. The molecule has 2 heterocycles. The number of methoxy groups -OCH3 is 1. The minimum Gasteiger partial charge on any atom is -0.493 e. The first kappa shape index (κ1) is 23.8. The molecule has 0 aliphatic carbocycles. The minimum absolute atomic E-state index is 0.0575. The lowest BCUT2D eigenvalue weighted by atomic mass is 10.1. The summed E-state index contributed by atoms with van der Waals surface area (Å²) in [6, 6.07) is 10.6. The predicted molar refractivity (Wildman–Crippen MR) is 131 cm³/mol. The third-order valence-electron chi connectivity index (χ3n) is 5.89. The van der Waals surface area contributed by atoms with Crippen LogP contribution in [0.25, 0.3) is 10.9 Å². The zero-order chi connectivity index (χ0) is 24.1. The van der Waals surface area contributed by atoms with E-state index >= 15 is 0 Å². The molecule has 1 aliphatic heterocycles. The van der Waals surface area contributed by atoms with Gasteiger partial charge in [0.05, 0.1) is 25.3 Å². The average molecular weight is 483 g/mol. The van der Waals surface area contributed by atoms with Crippen molar-refractivity contribution in [2.24, 2.45) is 0 Å². The van der Waals surface area contributed by atoms with E-state index in [0.29, 0.717) is 53.8 Å². The molecule has 3 aromatic rings. The molecule has 1 saturated heterocycles. The number of ether oxygens (including phenoxy) is 2. The highest BCUT2D eigenvalue weighted by Gasteiger charge is 2.24. The lowest BCUT2D eigenvalue weighted by Crippen LogP contribution is -2.41. The van der Waals surface area contributed by atoms with Gasteiger partial charge in [-0.2, -0.15) is 0 Å². The van der Waals surface area contributed by atoms with Gasteiger partial charge in [0.2, 0.25) is 5.91 Å². The van der Waals surface area contributed by atoms with Gasteiger partial charge in [-0.15, -0.1) is 0 Å². The van der Waals surface area contributed by atoms with Crippen molar-refractivity contribution in [2.45, 2.75) is 25.0 Å². The molecule has 1 aromatic heterocycles. The third kappa shape index (κ3) is 5.24. The largest absolute Gasteiger partial charge is 0.493 e. The Kier molecular flexibility index (Phi) is 7.49. The van der Waals surface area contributed by atoms with Crippen LogP contribution in [-0.2, 0) is 4.79 Å². The Hall–Kier alpha value is -3.36. The number of amides is 1. The molecule has 0 saturated carbocycles. The summed E-state index contributed by atoms with van der Waals surface area (Å²) in [5, 5.41) is 14.6. The Morgan fingerprint density at radius 3 is 2.76 bits per heavy atom. The van der Waals surface area contributed by atoms with Crippen molar-refractivity contribution in [3.63, 3.8) is 0 Å². The van der Waals surface area contributed by atoms with Gasteiger partial charge in [-0.1, -0.05) is 30.3 Å². The van der Waals surface area contributed by atoms with E-state index in [9.17, 15) is 9.90 Å². The SMILES string of the molecule is C=CC(=O)N1CCC(Oc2cc3c(NC(CO)c4cccc(Cl)c4)ncnc3cc2OC)CC1. The van der Waals surface area contributed by atoms with Crippen LogP contribution >= 0.6 is 11.6 Å². The van der Waals surface area contributed by atoms with Crippen molar-refractivity contribution in [3.8, 4) is 11.5 Å². The van der Waals surface area contributed by atoms with Gasteiger partial charge in [0.25, 0.3) is 0 Å². The second-order valence-electron chi connectivity index (χ2n) is 8.02. The lowest BCUT2D eigenvalue weighted by Gasteiger charge is -2.31. The smallest absolute Gasteiger partial charge is 0.245 e. The van der Waals surface area contributed by atoms with Crippen LogP contribution in [0.2, 0.25) is 5.02 Å². The predicted octanol–water partition coefficient (Wildman–Crippen LogP) is 3.99. The van der Waals surface area contributed by atoms with Crippen molar-refractivity contribution in [2.75, 3.05) is 32.1 Å². The molecule has 1 atom stereocenters. The summed E-state index contributed by atoms with van der Waals surface area (Å²) in [5.41, 5.74) is 1.52. The Morgan fingerprint density at radius 2 is 2.09 bits per heavy atom. The first-order chi connectivity index (χ1) is 16.5. The topological polar surface area (TPSA) is 96.8 Å². The summed E-state index contributed by atoms with van der Waals surface area (Å²) in [7, 11) is 1.58. The number of nitrogens with zero attached hydrogens (tertiary/aromatic N) is 3. The van der Waals surface area contributed by atoms with Gasteiger partial charge >= 0.3 is 0 Å². The standard InChI is InChI=1S/C25H27ClN4O4/c1-3-24(32)30-9-7-18(8-10-30)34-23-12-19-20(13-22(23)33-2)27-15-28-25(19)29-21(14-31)16-5-4-6-17(26)11-16/h3-6,11-13,15,18,21,31H,1,7-10,14H2,2H3,(H,27,28,29). The maximum atomic E-state index is 11.9. The highest BCUT2D eigenvalue weighted by Crippen LogP contribution is 2.36. The van der Waals surface area contributed by atoms with Crippen LogP contribution in [0.15, 0.2) is 55.4 Å². The van der Waals surface area contributed by atoms with E-state index in [1.165, 1.54) is 12.4 Å². The molecule has 178 valence electrons. The second kappa shape index (κ2) is 10.7. The molecular formula is C25H27ClN4O4. The highest BCUT2D eigenvalue weighted by molar-refractivity contribution is 6.30. The number of aliphatic hydroxyl groups is 1. The number of rotatable bonds is 8. The molecular weight excluding hydrogens is 456 g/mol. The molecule has 0 radical (unpaired) electrons. The van der Waals surface area contributed by atoms with Crippen molar-refractivity contribution in [1.82, 2.24) is 14.9 Å². The molecule has 2 N–H and O–H groups in total. The van der Waals surface area contributed by atoms with E-state index in [1.54, 1.807) is 30.2 Å². The molecule has 1 unspecified atom stereocenters. The summed E-state index contributed by atoms with van der Waals surface area (Å²) >= 11 is 6.13. The number of fused-ring (bicyclic) bond motifs is 1. The molecule has 0 bridgehead atoms. The van der Waals surface area contributed by atoms with Gasteiger partial charge in [0.1, 0.15) is 18.2 Å². The zero-order valence-electron chi connectivity index (χ0n) is 18.9. The summed E-state index contributed by atoms with van der Waals surface area (Å²) in [6.45, 7) is 4.63. The summed E-state index contributed by atoms with van der Waals surface area (Å²) in [5.74, 6) is 1.63. The van der Waals surface area contributed by atoms with Crippen LogP contribution < -0.4 is 14.8 Å². The monoisotopic (exact) mass is 482 g/mol. The number of hydrogen-bond acceptors (Lipinski definition) is 7. The van der Waals surface area contributed by atoms with E-state index in [2.05, 4.69) is 21.9 Å². The number of hydrogen-bond donors (Lipinski definition) is 2. The number of likely N-dealkylation sites (tertiary alicyclic amines) is 1. The van der Waals surface area contributed by atoms with Crippen LogP contribution in [0.5, 0.6) is 11.5 Å². The fourth-order valence-corrected chi connectivity index (χ4v) is 4.25. The molecule has 2 aromatic carbocycles. The number of carbonyl (C=O) groups excluding carboxylic acids is 1. The van der Waals surface area contributed by atoms with Gasteiger partial charge < -0.3 is 24.8 Å². The maximum absolute atomic E-state index is 11.9. The average Bonchev–Trinajstić information content (AvgIpc) is 2.87. The number of carbonyl (C=O) groups is 1. The van der Waals surface area contributed by atoms with E-state index in [-0.39, 0.29) is 18.6 Å². The van der Waals surface area contributed by atoms with E-state index in [0.717, 1.165) is 10.9 Å². The van der Waals surface area contributed by atoms with Crippen LogP contribution in [0.4, 0.5) is 5.82 Å². The summed E-state index contributed by atoms with van der Waals surface area (Å²) in [6.07, 6.45) is 4.16. The molecule has 1 amide bonds. The number of piperidine rings is 1. The summed E-state index contributed by atoms with van der Waals surface area (Å²) < 4.78 is 11.9. The van der Waals surface area contributed by atoms with Crippen molar-refractivity contribution in [3.05, 3.63) is 66.0 Å². The van der Waals surface area contributed by atoms with Crippen LogP contribution in [-0.4, -0.2) is 58.8 Å². The van der Waals surface area contributed by atoms with Crippen molar-refractivity contribution < 1.29 is 19.4 Å². The fourth-order valence-electron chi connectivity index (χ4n) is 4.06. The van der Waals surface area contributed by atoms with Gasteiger partial charge in [0, 0.05) is 42.4 Å². The van der Waals surface area contributed by atoms with Gasteiger partial charge in [-0.25, -0.2) is 9.97 Å². The Balaban J connectivity index is 1.60. The number of halogens is 1. The minimum atomic E-state index is -0.407. The van der Waals surface area contributed by atoms with Crippen LogP contribution in [0.1, 0.15) is 24.4 Å². The number of aliphatic hydroxyl groups excluding tert-OH is 1.